The highest BCUT2D eigenvalue weighted by atomic mass is 16.3. The fourth-order valence-electron chi connectivity index (χ4n) is 4.94. The lowest BCUT2D eigenvalue weighted by Gasteiger charge is -2.30. The maximum Gasteiger partial charge on any atom is 0.129 e. The van der Waals surface area contributed by atoms with Gasteiger partial charge >= 0.3 is 0 Å². The number of fused-ring (bicyclic) bond motifs is 1. The van der Waals surface area contributed by atoms with Crippen LogP contribution >= 0.6 is 0 Å². The Morgan fingerprint density at radius 1 is 1.03 bits per heavy atom. The lowest BCUT2D eigenvalue weighted by atomic mass is 9.82. The van der Waals surface area contributed by atoms with Crippen LogP contribution in [0, 0.1) is 5.92 Å². The number of aliphatic hydroxyl groups is 1. The van der Waals surface area contributed by atoms with Crippen molar-refractivity contribution < 1.29 is 5.11 Å². The molecular weight excluding hydrogens is 360 g/mol. The number of pyridine rings is 1. The largest absolute Gasteiger partial charge is 0.393 e. The molecule has 4 rings (SSSR count). The SMILES string of the molecule is CC[C@H](C)Cc1ncc2c(C3CCN(C)CC3)ncc(C3CCC(O)CC3)c2n1. The van der Waals surface area contributed by atoms with Gasteiger partial charge in [-0.1, -0.05) is 20.3 Å². The van der Waals surface area contributed by atoms with Crippen molar-refractivity contribution in [1.29, 1.82) is 0 Å². The molecule has 5 heteroatoms. The minimum absolute atomic E-state index is 0.139. The average Bonchev–Trinajstić information content (AvgIpc) is 2.74. The van der Waals surface area contributed by atoms with E-state index in [2.05, 4.69) is 38.2 Å². The zero-order valence-corrected chi connectivity index (χ0v) is 18.3. The third-order valence-electron chi connectivity index (χ3n) is 7.20. The van der Waals surface area contributed by atoms with Crippen molar-refractivity contribution in [2.75, 3.05) is 20.1 Å². The molecular formula is C24H36N4O. The average molecular weight is 397 g/mol. The first-order valence-electron chi connectivity index (χ1n) is 11.6. The molecule has 158 valence electrons. The molecule has 0 bridgehead atoms. The summed E-state index contributed by atoms with van der Waals surface area (Å²) in [6, 6.07) is 0. The number of aromatic nitrogens is 3. The van der Waals surface area contributed by atoms with Gasteiger partial charge in [-0.2, -0.15) is 0 Å². The van der Waals surface area contributed by atoms with Crippen molar-refractivity contribution in [2.24, 2.45) is 5.92 Å². The van der Waals surface area contributed by atoms with Crippen molar-refractivity contribution in [3.63, 3.8) is 0 Å². The normalized spacial score (nSPS) is 25.4. The monoisotopic (exact) mass is 396 g/mol. The molecule has 29 heavy (non-hydrogen) atoms. The number of nitrogens with zero attached hydrogens (tertiary/aromatic N) is 4. The number of hydrogen-bond acceptors (Lipinski definition) is 5. The van der Waals surface area contributed by atoms with Crippen LogP contribution in [0.4, 0.5) is 0 Å². The molecule has 2 aromatic heterocycles. The molecule has 0 aromatic carbocycles. The van der Waals surface area contributed by atoms with Crippen molar-refractivity contribution in [2.45, 2.75) is 83.2 Å². The van der Waals surface area contributed by atoms with Gasteiger partial charge in [-0.15, -0.1) is 0 Å². The van der Waals surface area contributed by atoms with Gasteiger partial charge in [0, 0.05) is 30.1 Å². The Morgan fingerprint density at radius 3 is 2.45 bits per heavy atom. The molecule has 1 atom stereocenters. The maximum atomic E-state index is 9.95. The minimum atomic E-state index is -0.139. The van der Waals surface area contributed by atoms with Crippen molar-refractivity contribution in [1.82, 2.24) is 19.9 Å². The number of aliphatic hydroxyl groups excluding tert-OH is 1. The topological polar surface area (TPSA) is 62.1 Å². The van der Waals surface area contributed by atoms with Crippen LogP contribution in [0.2, 0.25) is 0 Å². The maximum absolute atomic E-state index is 9.95. The first-order chi connectivity index (χ1) is 14.0. The van der Waals surface area contributed by atoms with E-state index in [1.165, 1.54) is 11.3 Å². The van der Waals surface area contributed by atoms with Gasteiger partial charge in [-0.25, -0.2) is 9.97 Å². The Labute approximate surface area is 175 Å². The van der Waals surface area contributed by atoms with Gasteiger partial charge in [-0.3, -0.25) is 4.98 Å². The summed E-state index contributed by atoms with van der Waals surface area (Å²) in [5, 5.41) is 11.1. The molecule has 1 saturated carbocycles. The van der Waals surface area contributed by atoms with Crippen molar-refractivity contribution in [3.05, 3.63) is 29.5 Å². The molecule has 0 amide bonds. The lowest BCUT2D eigenvalue weighted by molar-refractivity contribution is 0.122. The Morgan fingerprint density at radius 2 is 1.76 bits per heavy atom. The van der Waals surface area contributed by atoms with Crippen LogP contribution in [-0.2, 0) is 6.42 Å². The summed E-state index contributed by atoms with van der Waals surface area (Å²) >= 11 is 0. The molecule has 5 nitrogen and oxygen atoms in total. The Balaban J connectivity index is 1.73. The quantitative estimate of drug-likeness (QED) is 0.809. The summed E-state index contributed by atoms with van der Waals surface area (Å²) in [6.45, 7) is 6.76. The van der Waals surface area contributed by atoms with Crippen molar-refractivity contribution >= 4 is 10.9 Å². The molecule has 2 fully saturated rings. The second-order valence-corrected chi connectivity index (χ2v) is 9.45. The second-order valence-electron chi connectivity index (χ2n) is 9.45. The van der Waals surface area contributed by atoms with Gasteiger partial charge in [0.25, 0.3) is 0 Å². The summed E-state index contributed by atoms with van der Waals surface area (Å²) in [5.74, 6) is 2.51. The first kappa shape index (κ1) is 20.7. The molecule has 2 aliphatic rings. The van der Waals surface area contributed by atoms with E-state index in [1.54, 1.807) is 0 Å². The van der Waals surface area contributed by atoms with Gasteiger partial charge < -0.3 is 10.0 Å². The predicted molar refractivity (Wildman–Crippen MR) is 117 cm³/mol. The Kier molecular flexibility index (Phi) is 6.45. The predicted octanol–water partition coefficient (Wildman–Crippen LogP) is 4.44. The van der Waals surface area contributed by atoms with E-state index < -0.39 is 0 Å². The minimum Gasteiger partial charge on any atom is -0.393 e. The molecule has 0 unspecified atom stereocenters. The van der Waals surface area contributed by atoms with Crippen LogP contribution in [0.3, 0.4) is 0 Å². The van der Waals surface area contributed by atoms with Crippen LogP contribution in [0.15, 0.2) is 12.4 Å². The molecule has 0 radical (unpaired) electrons. The third kappa shape index (κ3) is 4.61. The highest BCUT2D eigenvalue weighted by Gasteiger charge is 2.27. The zero-order valence-electron chi connectivity index (χ0n) is 18.3. The van der Waals surface area contributed by atoms with Crippen molar-refractivity contribution in [3.8, 4) is 0 Å². The highest BCUT2D eigenvalue weighted by Crippen LogP contribution is 2.38. The molecule has 1 N–H and O–H groups in total. The van der Waals surface area contributed by atoms with Gasteiger partial charge in [0.1, 0.15) is 5.82 Å². The fourth-order valence-corrected chi connectivity index (χ4v) is 4.94. The smallest absolute Gasteiger partial charge is 0.129 e. The van der Waals surface area contributed by atoms with Crippen LogP contribution in [0.25, 0.3) is 10.9 Å². The lowest BCUT2D eigenvalue weighted by Crippen LogP contribution is -2.29. The molecule has 3 heterocycles. The summed E-state index contributed by atoms with van der Waals surface area (Å²) in [5.41, 5.74) is 3.60. The number of hydrogen-bond donors (Lipinski definition) is 1. The van der Waals surface area contributed by atoms with Gasteiger partial charge in [0.2, 0.25) is 0 Å². The van der Waals surface area contributed by atoms with Gasteiger partial charge in [0.15, 0.2) is 0 Å². The van der Waals surface area contributed by atoms with Crippen LogP contribution in [0.5, 0.6) is 0 Å². The molecule has 1 saturated heterocycles. The number of piperidine rings is 1. The standard InChI is InChI=1S/C24H36N4O/c1-4-16(2)13-22-25-15-21-23(18-9-11-28(3)12-10-18)26-14-20(24(21)27-22)17-5-7-19(29)8-6-17/h14-19,29H,4-13H2,1-3H3/t16-,17?,19?/m0/s1. The molecule has 0 spiro atoms. The molecule has 1 aliphatic heterocycles. The van der Waals surface area contributed by atoms with E-state index >= 15 is 0 Å². The Hall–Kier alpha value is -1.59. The fraction of sp³-hybridized carbons (Fsp3) is 0.708. The van der Waals surface area contributed by atoms with E-state index in [-0.39, 0.29) is 6.10 Å². The zero-order chi connectivity index (χ0) is 20.4. The van der Waals surface area contributed by atoms with E-state index in [9.17, 15) is 5.11 Å². The summed E-state index contributed by atoms with van der Waals surface area (Å²) in [4.78, 5) is 17.3. The van der Waals surface area contributed by atoms with E-state index in [0.29, 0.717) is 17.8 Å². The van der Waals surface area contributed by atoms with Crippen LogP contribution in [0.1, 0.15) is 87.7 Å². The summed E-state index contributed by atoms with van der Waals surface area (Å²) < 4.78 is 0. The summed E-state index contributed by atoms with van der Waals surface area (Å²) in [7, 11) is 2.20. The number of likely N-dealkylation sites (tertiary alicyclic amines) is 1. The summed E-state index contributed by atoms with van der Waals surface area (Å²) in [6.07, 6.45) is 12.2. The second kappa shape index (κ2) is 9.05. The van der Waals surface area contributed by atoms with Gasteiger partial charge in [0.05, 0.1) is 17.3 Å². The highest BCUT2D eigenvalue weighted by molar-refractivity contribution is 5.84. The van der Waals surface area contributed by atoms with E-state index in [4.69, 9.17) is 15.0 Å². The van der Waals surface area contributed by atoms with E-state index in [0.717, 1.165) is 81.2 Å². The van der Waals surface area contributed by atoms with Gasteiger partial charge in [-0.05, 0) is 76.1 Å². The van der Waals surface area contributed by atoms with Crippen LogP contribution < -0.4 is 0 Å². The number of rotatable bonds is 5. The van der Waals surface area contributed by atoms with E-state index in [1.807, 2.05) is 0 Å². The first-order valence-corrected chi connectivity index (χ1v) is 11.6. The molecule has 1 aliphatic carbocycles. The third-order valence-corrected chi connectivity index (χ3v) is 7.20. The Bertz CT molecular complexity index is 823. The van der Waals surface area contributed by atoms with Crippen LogP contribution in [-0.4, -0.2) is 51.2 Å². The molecule has 2 aromatic rings.